The molecule has 1 heterocycles. The van der Waals surface area contributed by atoms with Crippen LogP contribution in [-0.4, -0.2) is 53.2 Å². The number of aliphatic carboxylic acids is 1. The van der Waals surface area contributed by atoms with Crippen molar-refractivity contribution in [2.24, 2.45) is 5.92 Å². The van der Waals surface area contributed by atoms with Gasteiger partial charge < -0.3 is 21.1 Å². The fourth-order valence-electron chi connectivity index (χ4n) is 2.35. The minimum Gasteiger partial charge on any atom is -0.475 e. The van der Waals surface area contributed by atoms with E-state index in [9.17, 15) is 22.8 Å². The topological polar surface area (TPSA) is 108 Å². The predicted octanol–water partition coefficient (Wildman–Crippen LogP) is 1.20. The number of alkyl halides is 3. The van der Waals surface area contributed by atoms with Crippen LogP contribution in [0.5, 0.6) is 0 Å². The first-order valence-electron chi connectivity index (χ1n) is 7.88. The van der Waals surface area contributed by atoms with Gasteiger partial charge in [-0.15, -0.1) is 6.58 Å². The minimum absolute atomic E-state index is 0.144. The van der Waals surface area contributed by atoms with Gasteiger partial charge in [0.1, 0.15) is 5.54 Å². The number of carboxylic acid groups (broad SMARTS) is 1. The highest BCUT2D eigenvalue weighted by Gasteiger charge is 2.44. The number of nitrogens with one attached hydrogen (secondary N) is 3. The molecule has 7 nitrogen and oxygen atoms in total. The number of carbonyl (C=O) groups excluding carboxylic acids is 2. The van der Waals surface area contributed by atoms with Crippen molar-refractivity contribution in [1.82, 2.24) is 16.0 Å². The molecule has 4 N–H and O–H groups in total. The fourth-order valence-corrected chi connectivity index (χ4v) is 2.35. The Hall–Kier alpha value is -2.10. The Kier molecular flexibility index (Phi) is 8.29. The van der Waals surface area contributed by atoms with Crippen LogP contribution in [0.2, 0.25) is 0 Å². The Balaban J connectivity index is 0.000000758. The summed E-state index contributed by atoms with van der Waals surface area (Å²) < 4.78 is 31.7. The molecule has 10 heteroatoms. The standard InChI is InChI=1S/C14H25N3O2.C2HF3O2/c1-6-11-7-14(9-15-8-11,16-10(2)18)12(19)17-13(3,4)5;3-2(4,5)1(6)7/h6,11,15H,1,7-9H2,2-5H3,(H,16,18)(H,17,19);(H,6,7)/t11-,14+;/m0./s1. The normalized spacial score (nSPS) is 23.1. The van der Waals surface area contributed by atoms with Crippen LogP contribution in [0.25, 0.3) is 0 Å². The summed E-state index contributed by atoms with van der Waals surface area (Å²) in [5.41, 5.74) is -1.22. The molecular weight excluding hydrogens is 355 g/mol. The van der Waals surface area contributed by atoms with Crippen molar-refractivity contribution in [3.63, 3.8) is 0 Å². The molecule has 1 aliphatic rings. The summed E-state index contributed by atoms with van der Waals surface area (Å²) >= 11 is 0. The van der Waals surface area contributed by atoms with Crippen molar-refractivity contribution in [2.75, 3.05) is 13.1 Å². The van der Waals surface area contributed by atoms with Gasteiger partial charge in [0.2, 0.25) is 11.8 Å². The van der Waals surface area contributed by atoms with Crippen molar-refractivity contribution >= 4 is 17.8 Å². The number of amides is 2. The lowest BCUT2D eigenvalue weighted by Crippen LogP contribution is -2.68. The summed E-state index contributed by atoms with van der Waals surface area (Å²) in [6.07, 6.45) is -2.68. The molecule has 0 aliphatic carbocycles. The number of piperidine rings is 1. The first kappa shape index (κ1) is 23.9. The highest BCUT2D eigenvalue weighted by molar-refractivity contribution is 5.91. The quantitative estimate of drug-likeness (QED) is 0.550. The Bertz CT molecular complexity index is 544. The lowest BCUT2D eigenvalue weighted by atomic mass is 9.82. The van der Waals surface area contributed by atoms with Crippen molar-refractivity contribution < 1.29 is 32.7 Å². The smallest absolute Gasteiger partial charge is 0.475 e. The molecule has 0 saturated carbocycles. The van der Waals surface area contributed by atoms with Crippen LogP contribution in [0.1, 0.15) is 34.1 Å². The number of rotatable bonds is 3. The molecule has 0 spiro atoms. The van der Waals surface area contributed by atoms with Crippen molar-refractivity contribution in [3.8, 4) is 0 Å². The largest absolute Gasteiger partial charge is 0.490 e. The third-order valence-corrected chi connectivity index (χ3v) is 3.36. The summed E-state index contributed by atoms with van der Waals surface area (Å²) in [4.78, 5) is 32.9. The average molecular weight is 381 g/mol. The fraction of sp³-hybridized carbons (Fsp3) is 0.688. The molecule has 1 aliphatic heterocycles. The van der Waals surface area contributed by atoms with Gasteiger partial charge in [0.15, 0.2) is 0 Å². The van der Waals surface area contributed by atoms with E-state index in [2.05, 4.69) is 22.5 Å². The number of halogens is 3. The Morgan fingerprint density at radius 3 is 2.12 bits per heavy atom. The maximum absolute atomic E-state index is 12.5. The van der Waals surface area contributed by atoms with E-state index in [-0.39, 0.29) is 23.3 Å². The van der Waals surface area contributed by atoms with Crippen LogP contribution in [0, 0.1) is 5.92 Å². The van der Waals surface area contributed by atoms with Crippen LogP contribution in [0.15, 0.2) is 12.7 Å². The van der Waals surface area contributed by atoms with Gasteiger partial charge in [-0.2, -0.15) is 13.2 Å². The summed E-state index contributed by atoms with van der Waals surface area (Å²) in [6, 6.07) is 0. The van der Waals surface area contributed by atoms with Gasteiger partial charge in [-0.3, -0.25) is 9.59 Å². The Morgan fingerprint density at radius 1 is 1.27 bits per heavy atom. The van der Waals surface area contributed by atoms with E-state index in [4.69, 9.17) is 9.90 Å². The highest BCUT2D eigenvalue weighted by Crippen LogP contribution is 2.23. The molecule has 26 heavy (non-hydrogen) atoms. The molecule has 0 radical (unpaired) electrons. The van der Waals surface area contributed by atoms with Crippen LogP contribution in [0.4, 0.5) is 13.2 Å². The van der Waals surface area contributed by atoms with E-state index in [1.807, 2.05) is 26.8 Å². The second kappa shape index (κ2) is 9.02. The SMILES string of the molecule is C=C[C@@H]1CNC[C@@](NC(C)=O)(C(=O)NC(C)(C)C)C1.O=C(O)C(F)(F)F. The maximum Gasteiger partial charge on any atom is 0.490 e. The van der Waals surface area contributed by atoms with Crippen LogP contribution in [-0.2, 0) is 14.4 Å². The first-order valence-corrected chi connectivity index (χ1v) is 7.88. The lowest BCUT2D eigenvalue weighted by Gasteiger charge is -2.41. The number of carboxylic acids is 1. The van der Waals surface area contributed by atoms with Crippen molar-refractivity contribution in [3.05, 3.63) is 12.7 Å². The van der Waals surface area contributed by atoms with Gasteiger partial charge in [0, 0.05) is 25.6 Å². The number of carbonyl (C=O) groups is 3. The maximum atomic E-state index is 12.5. The average Bonchev–Trinajstić information content (AvgIpc) is 2.44. The summed E-state index contributed by atoms with van der Waals surface area (Å²) in [7, 11) is 0. The van der Waals surface area contributed by atoms with Crippen molar-refractivity contribution in [2.45, 2.75) is 51.4 Å². The summed E-state index contributed by atoms with van der Waals surface area (Å²) in [5.74, 6) is -2.93. The van der Waals surface area contributed by atoms with Crippen LogP contribution < -0.4 is 16.0 Å². The minimum atomic E-state index is -5.08. The third-order valence-electron chi connectivity index (χ3n) is 3.36. The molecule has 0 aromatic carbocycles. The van der Waals surface area contributed by atoms with E-state index in [0.717, 1.165) is 6.54 Å². The van der Waals surface area contributed by atoms with Crippen LogP contribution >= 0.6 is 0 Å². The third kappa shape index (κ3) is 8.32. The predicted molar refractivity (Wildman–Crippen MR) is 89.3 cm³/mol. The highest BCUT2D eigenvalue weighted by atomic mass is 19.4. The Labute approximate surface area is 150 Å². The Morgan fingerprint density at radius 2 is 1.77 bits per heavy atom. The molecular formula is C16H26F3N3O4. The van der Waals surface area contributed by atoms with E-state index in [1.54, 1.807) is 0 Å². The zero-order valence-corrected chi connectivity index (χ0v) is 15.3. The van der Waals surface area contributed by atoms with E-state index in [0.29, 0.717) is 13.0 Å². The zero-order chi connectivity index (χ0) is 20.8. The molecule has 0 aromatic rings. The summed E-state index contributed by atoms with van der Waals surface area (Å²) in [6.45, 7) is 12.2. The first-order chi connectivity index (χ1) is 11.6. The van der Waals surface area contributed by atoms with E-state index in [1.165, 1.54) is 6.92 Å². The molecule has 1 fully saturated rings. The van der Waals surface area contributed by atoms with Gasteiger partial charge in [-0.25, -0.2) is 4.79 Å². The van der Waals surface area contributed by atoms with Gasteiger partial charge in [-0.1, -0.05) is 6.08 Å². The van der Waals surface area contributed by atoms with Gasteiger partial charge in [0.05, 0.1) is 0 Å². The molecule has 1 saturated heterocycles. The number of hydrogen-bond acceptors (Lipinski definition) is 4. The number of hydrogen-bond donors (Lipinski definition) is 4. The van der Waals surface area contributed by atoms with E-state index >= 15 is 0 Å². The zero-order valence-electron chi connectivity index (χ0n) is 15.3. The van der Waals surface area contributed by atoms with Crippen molar-refractivity contribution in [1.29, 1.82) is 0 Å². The molecule has 150 valence electrons. The second-order valence-electron chi connectivity index (χ2n) is 7.10. The molecule has 0 aromatic heterocycles. The molecule has 0 bridgehead atoms. The monoisotopic (exact) mass is 381 g/mol. The second-order valence-corrected chi connectivity index (χ2v) is 7.10. The van der Waals surface area contributed by atoms with Crippen LogP contribution in [0.3, 0.4) is 0 Å². The molecule has 1 rings (SSSR count). The molecule has 0 unspecified atom stereocenters. The molecule has 2 atom stereocenters. The van der Waals surface area contributed by atoms with Gasteiger partial charge >= 0.3 is 12.1 Å². The summed E-state index contributed by atoms with van der Waals surface area (Å²) in [5, 5.41) is 16.1. The van der Waals surface area contributed by atoms with Gasteiger partial charge in [-0.05, 0) is 33.1 Å². The van der Waals surface area contributed by atoms with Gasteiger partial charge in [0.25, 0.3) is 0 Å². The molecule has 2 amide bonds. The lowest BCUT2D eigenvalue weighted by molar-refractivity contribution is -0.192. The van der Waals surface area contributed by atoms with E-state index < -0.39 is 17.7 Å².